The fourth-order valence-electron chi connectivity index (χ4n) is 2.78. The maximum absolute atomic E-state index is 13.1. The summed E-state index contributed by atoms with van der Waals surface area (Å²) in [4.78, 5) is 25.6. The van der Waals surface area contributed by atoms with Crippen molar-refractivity contribution in [1.82, 2.24) is 0 Å². The molecule has 0 fully saturated rings. The topological polar surface area (TPSA) is 57.6 Å². The van der Waals surface area contributed by atoms with Crippen molar-refractivity contribution in [3.63, 3.8) is 0 Å². The molecule has 140 valence electrons. The lowest BCUT2D eigenvalue weighted by atomic mass is 10.00. The van der Waals surface area contributed by atoms with Crippen molar-refractivity contribution in [2.24, 2.45) is 0 Å². The number of anilines is 1. The van der Waals surface area contributed by atoms with Crippen molar-refractivity contribution in [3.8, 4) is 0 Å². The number of carbonyl (C=O) groups is 2. The average Bonchev–Trinajstić information content (AvgIpc) is 2.80. The van der Waals surface area contributed by atoms with E-state index in [4.69, 9.17) is 11.6 Å². The summed E-state index contributed by atoms with van der Waals surface area (Å²) in [7, 11) is 0. The molecule has 0 bridgehead atoms. The van der Waals surface area contributed by atoms with Gasteiger partial charge in [-0.3, -0.25) is 9.59 Å². The van der Waals surface area contributed by atoms with Gasteiger partial charge in [0.15, 0.2) is 5.76 Å². The van der Waals surface area contributed by atoms with Gasteiger partial charge in [0.25, 0.3) is 5.91 Å². The summed E-state index contributed by atoms with van der Waals surface area (Å²) < 4.78 is 39.2. The normalized spacial score (nSPS) is 15.1. The maximum Gasteiger partial charge on any atom is 0.417 e. The van der Waals surface area contributed by atoms with Gasteiger partial charge in [-0.05, 0) is 48.7 Å². The number of nitrogens with zero attached hydrogens (tertiary/aromatic N) is 1. The second-order valence-corrected chi connectivity index (χ2v) is 6.54. The largest absolute Gasteiger partial charge is 0.502 e. The molecule has 0 saturated carbocycles. The number of aliphatic hydroxyl groups is 1. The Balaban J connectivity index is 2.08. The molecule has 1 aliphatic rings. The van der Waals surface area contributed by atoms with Gasteiger partial charge in [0.1, 0.15) is 0 Å². The van der Waals surface area contributed by atoms with Gasteiger partial charge in [-0.1, -0.05) is 29.8 Å². The number of hydrogen-bond donors (Lipinski definition) is 1. The van der Waals surface area contributed by atoms with Crippen LogP contribution >= 0.6 is 11.6 Å². The van der Waals surface area contributed by atoms with Crippen molar-refractivity contribution in [2.45, 2.75) is 20.0 Å². The second-order valence-electron chi connectivity index (χ2n) is 6.13. The molecule has 0 unspecified atom stereocenters. The third-order valence-electron chi connectivity index (χ3n) is 4.37. The molecule has 0 aromatic heterocycles. The third-order valence-corrected chi connectivity index (χ3v) is 4.70. The Morgan fingerprint density at radius 3 is 2.22 bits per heavy atom. The van der Waals surface area contributed by atoms with Crippen molar-refractivity contribution in [2.75, 3.05) is 4.90 Å². The Morgan fingerprint density at radius 2 is 1.63 bits per heavy atom. The van der Waals surface area contributed by atoms with Crippen LogP contribution in [0.25, 0.3) is 5.57 Å². The number of halogens is 4. The van der Waals surface area contributed by atoms with Crippen LogP contribution in [-0.4, -0.2) is 16.9 Å². The quantitative estimate of drug-likeness (QED) is 0.742. The minimum absolute atomic E-state index is 0.258. The first-order valence-corrected chi connectivity index (χ1v) is 8.16. The van der Waals surface area contributed by atoms with E-state index in [1.165, 1.54) is 0 Å². The molecule has 0 saturated heterocycles. The zero-order valence-corrected chi connectivity index (χ0v) is 14.9. The van der Waals surface area contributed by atoms with Crippen LogP contribution < -0.4 is 4.90 Å². The molecule has 1 aliphatic heterocycles. The molecule has 2 aromatic rings. The number of amides is 2. The highest BCUT2D eigenvalue weighted by Crippen LogP contribution is 2.39. The summed E-state index contributed by atoms with van der Waals surface area (Å²) in [6.07, 6.45) is -4.76. The van der Waals surface area contributed by atoms with E-state index in [9.17, 15) is 27.9 Å². The molecule has 1 N–H and O–H groups in total. The summed E-state index contributed by atoms with van der Waals surface area (Å²) in [6, 6.07) is 7.57. The standard InChI is InChI=1S/C19H13ClF3NO3/c1-9-3-4-11(7-10(9)2)15-16(25)18(27)24(17(15)26)12-5-6-14(20)13(8-12)19(21,22)23/h3-8,25H,1-2H3. The Labute approximate surface area is 157 Å². The van der Waals surface area contributed by atoms with Crippen LogP contribution in [0, 0.1) is 13.8 Å². The van der Waals surface area contributed by atoms with Gasteiger partial charge in [-0.2, -0.15) is 13.2 Å². The second kappa shape index (κ2) is 6.42. The lowest BCUT2D eigenvalue weighted by Crippen LogP contribution is -2.31. The van der Waals surface area contributed by atoms with Crippen LogP contribution in [0.2, 0.25) is 5.02 Å². The number of hydrogen-bond acceptors (Lipinski definition) is 3. The van der Waals surface area contributed by atoms with Crippen molar-refractivity contribution < 1.29 is 27.9 Å². The highest BCUT2D eigenvalue weighted by molar-refractivity contribution is 6.45. The Bertz CT molecular complexity index is 1010. The van der Waals surface area contributed by atoms with E-state index in [1.807, 2.05) is 6.92 Å². The third kappa shape index (κ3) is 3.19. The molecule has 0 radical (unpaired) electrons. The van der Waals surface area contributed by atoms with Crippen LogP contribution in [-0.2, 0) is 15.8 Å². The number of aliphatic hydroxyl groups excluding tert-OH is 1. The number of carbonyl (C=O) groups excluding carboxylic acids is 2. The Kier molecular flexibility index (Phi) is 4.51. The number of rotatable bonds is 2. The fourth-order valence-corrected chi connectivity index (χ4v) is 3.00. The van der Waals surface area contributed by atoms with E-state index in [2.05, 4.69) is 0 Å². The van der Waals surface area contributed by atoms with Crippen molar-refractivity contribution in [1.29, 1.82) is 0 Å². The van der Waals surface area contributed by atoms with Crippen LogP contribution in [0.1, 0.15) is 22.3 Å². The van der Waals surface area contributed by atoms with Gasteiger partial charge < -0.3 is 5.11 Å². The van der Waals surface area contributed by atoms with Crippen molar-refractivity contribution in [3.05, 3.63) is 69.4 Å². The zero-order chi connectivity index (χ0) is 20.1. The van der Waals surface area contributed by atoms with Crippen LogP contribution in [0.5, 0.6) is 0 Å². The number of benzene rings is 2. The molecular weight excluding hydrogens is 383 g/mol. The molecule has 8 heteroatoms. The zero-order valence-electron chi connectivity index (χ0n) is 14.2. The van der Waals surface area contributed by atoms with Crippen LogP contribution in [0.15, 0.2) is 42.2 Å². The summed E-state index contributed by atoms with van der Waals surface area (Å²) >= 11 is 5.58. The molecule has 27 heavy (non-hydrogen) atoms. The lowest BCUT2D eigenvalue weighted by Gasteiger charge is -2.17. The van der Waals surface area contributed by atoms with E-state index < -0.39 is 34.3 Å². The molecule has 2 amide bonds. The summed E-state index contributed by atoms with van der Waals surface area (Å²) in [5.74, 6) is -2.81. The molecule has 1 heterocycles. The van der Waals surface area contributed by atoms with E-state index in [1.54, 1.807) is 25.1 Å². The molecule has 0 aliphatic carbocycles. The average molecular weight is 396 g/mol. The minimum Gasteiger partial charge on any atom is -0.502 e. The Morgan fingerprint density at radius 1 is 0.963 bits per heavy atom. The number of alkyl halides is 3. The molecule has 0 atom stereocenters. The highest BCUT2D eigenvalue weighted by Gasteiger charge is 2.42. The Hall–Kier alpha value is -2.80. The predicted molar refractivity (Wildman–Crippen MR) is 94.4 cm³/mol. The summed E-state index contributed by atoms with van der Waals surface area (Å²) in [5.41, 5.74) is 0.318. The fraction of sp³-hybridized carbons (Fsp3) is 0.158. The first-order chi connectivity index (χ1) is 12.5. The van der Waals surface area contributed by atoms with Crippen LogP contribution in [0.4, 0.5) is 18.9 Å². The molecule has 0 spiro atoms. The van der Waals surface area contributed by atoms with Gasteiger partial charge >= 0.3 is 12.1 Å². The molecule has 2 aromatic carbocycles. The monoisotopic (exact) mass is 395 g/mol. The van der Waals surface area contributed by atoms with Gasteiger partial charge in [0.2, 0.25) is 0 Å². The summed E-state index contributed by atoms with van der Waals surface area (Å²) in [5, 5.41) is 9.62. The van der Waals surface area contributed by atoms with E-state index in [0.29, 0.717) is 16.5 Å². The van der Waals surface area contributed by atoms with Gasteiger partial charge in [-0.15, -0.1) is 0 Å². The molecular formula is C19H13ClF3NO3. The van der Waals surface area contributed by atoms with E-state index in [-0.39, 0.29) is 11.3 Å². The minimum atomic E-state index is -4.76. The van der Waals surface area contributed by atoms with E-state index >= 15 is 0 Å². The van der Waals surface area contributed by atoms with Crippen LogP contribution in [0.3, 0.4) is 0 Å². The maximum atomic E-state index is 13.1. The van der Waals surface area contributed by atoms with E-state index in [0.717, 1.165) is 23.3 Å². The number of aryl methyl sites for hydroxylation is 2. The predicted octanol–water partition coefficient (Wildman–Crippen LogP) is 4.82. The number of imide groups is 1. The SMILES string of the molecule is Cc1ccc(C2=C(O)C(=O)N(c3ccc(Cl)c(C(F)(F)F)c3)C2=O)cc1C. The van der Waals surface area contributed by atoms with Gasteiger partial charge in [0.05, 0.1) is 21.8 Å². The molecule has 4 nitrogen and oxygen atoms in total. The first kappa shape index (κ1) is 19.0. The summed E-state index contributed by atoms with van der Waals surface area (Å²) in [6.45, 7) is 3.65. The smallest absolute Gasteiger partial charge is 0.417 e. The van der Waals surface area contributed by atoms with Gasteiger partial charge in [-0.25, -0.2) is 4.90 Å². The van der Waals surface area contributed by atoms with Gasteiger partial charge in [0, 0.05) is 0 Å². The lowest BCUT2D eigenvalue weighted by molar-refractivity contribution is -0.137. The molecule has 3 rings (SSSR count). The van der Waals surface area contributed by atoms with Crippen molar-refractivity contribution >= 4 is 34.7 Å². The first-order valence-electron chi connectivity index (χ1n) is 7.78. The highest BCUT2D eigenvalue weighted by atomic mass is 35.5.